The van der Waals surface area contributed by atoms with Gasteiger partial charge in [-0.3, -0.25) is 0 Å². The van der Waals surface area contributed by atoms with Crippen molar-refractivity contribution in [2.45, 2.75) is 19.4 Å². The van der Waals surface area contributed by atoms with Crippen LogP contribution in [0.2, 0.25) is 0 Å². The van der Waals surface area contributed by atoms with E-state index in [0.717, 1.165) is 6.42 Å². The van der Waals surface area contributed by atoms with Crippen molar-refractivity contribution >= 4 is 21.7 Å². The quantitative estimate of drug-likeness (QED) is 0.673. The van der Waals surface area contributed by atoms with E-state index in [0.29, 0.717) is 6.04 Å². The van der Waals surface area contributed by atoms with Crippen LogP contribution in [-0.2, 0) is 6.42 Å². The molecule has 0 aliphatic heterocycles. The van der Waals surface area contributed by atoms with Crippen LogP contribution in [0.5, 0.6) is 0 Å². The number of hydrogen-bond acceptors (Lipinski definition) is 0. The van der Waals surface area contributed by atoms with Crippen LogP contribution in [0.1, 0.15) is 12.5 Å². The van der Waals surface area contributed by atoms with E-state index in [1.807, 2.05) is 0 Å². The summed E-state index contributed by atoms with van der Waals surface area (Å²) in [6.45, 7) is 2.15. The molecule has 1 aromatic heterocycles. The highest BCUT2D eigenvalue weighted by atomic mass is 14.7. The zero-order valence-electron chi connectivity index (χ0n) is 10.0. The van der Waals surface area contributed by atoms with Gasteiger partial charge in [0.25, 0.3) is 0 Å². The lowest BCUT2D eigenvalue weighted by molar-refractivity contribution is -0.413. The Balaban J connectivity index is 2.27. The summed E-state index contributed by atoms with van der Waals surface area (Å²) in [7, 11) is 0. The summed E-state index contributed by atoms with van der Waals surface area (Å²) in [5.74, 6) is 0. The first-order valence-electron chi connectivity index (χ1n) is 6.06. The van der Waals surface area contributed by atoms with Crippen LogP contribution in [0.25, 0.3) is 21.7 Å². The summed E-state index contributed by atoms with van der Waals surface area (Å²) >= 11 is 0. The second kappa shape index (κ2) is 3.90. The van der Waals surface area contributed by atoms with Crippen LogP contribution in [0.15, 0.2) is 42.6 Å². The number of quaternary nitrogens is 1. The summed E-state index contributed by atoms with van der Waals surface area (Å²) in [6, 6.07) is 13.3. The Labute approximate surface area is 100 Å². The first-order valence-corrected chi connectivity index (χ1v) is 6.06. The molecule has 3 aromatic rings. The fourth-order valence-electron chi connectivity index (χ4n) is 2.48. The number of rotatable bonds is 2. The second-order valence-corrected chi connectivity index (χ2v) is 4.83. The molecule has 0 fully saturated rings. The Kier molecular flexibility index (Phi) is 2.37. The van der Waals surface area contributed by atoms with Crippen LogP contribution in [-0.4, -0.2) is 11.0 Å². The standard InChI is InChI=1S/C15H16N2/c1-10(16)8-12-9-17-15-13-5-3-2-4-11(13)6-7-14(12)15/h2-7,9-10,17H,8,16H2,1H3/p+1/t10-/m1/s1. The number of nitrogens with one attached hydrogen (secondary N) is 1. The lowest BCUT2D eigenvalue weighted by Crippen LogP contribution is -2.60. The summed E-state index contributed by atoms with van der Waals surface area (Å²) in [5.41, 5.74) is 6.69. The van der Waals surface area contributed by atoms with Crippen LogP contribution in [0.3, 0.4) is 0 Å². The fourth-order valence-corrected chi connectivity index (χ4v) is 2.48. The molecule has 0 unspecified atom stereocenters. The van der Waals surface area contributed by atoms with E-state index < -0.39 is 0 Å². The highest BCUT2D eigenvalue weighted by Crippen LogP contribution is 2.27. The van der Waals surface area contributed by atoms with Crippen LogP contribution in [0, 0.1) is 0 Å². The first kappa shape index (κ1) is 10.4. The average molecular weight is 225 g/mol. The number of H-pyrrole nitrogens is 1. The highest BCUT2D eigenvalue weighted by Gasteiger charge is 2.09. The van der Waals surface area contributed by atoms with Crippen molar-refractivity contribution < 1.29 is 5.73 Å². The predicted molar refractivity (Wildman–Crippen MR) is 71.9 cm³/mol. The molecule has 0 amide bonds. The Hall–Kier alpha value is -1.80. The van der Waals surface area contributed by atoms with Gasteiger partial charge in [0, 0.05) is 23.4 Å². The normalized spacial score (nSPS) is 13.3. The van der Waals surface area contributed by atoms with Gasteiger partial charge in [-0.15, -0.1) is 0 Å². The van der Waals surface area contributed by atoms with Crippen molar-refractivity contribution in [3.63, 3.8) is 0 Å². The van der Waals surface area contributed by atoms with E-state index in [1.165, 1.54) is 27.2 Å². The van der Waals surface area contributed by atoms with E-state index >= 15 is 0 Å². The van der Waals surface area contributed by atoms with Gasteiger partial charge < -0.3 is 10.7 Å². The molecule has 2 aromatic carbocycles. The number of hydrogen-bond donors (Lipinski definition) is 2. The summed E-state index contributed by atoms with van der Waals surface area (Å²) in [5, 5.41) is 3.92. The fraction of sp³-hybridized carbons (Fsp3) is 0.200. The molecule has 0 spiro atoms. The molecule has 0 radical (unpaired) electrons. The lowest BCUT2D eigenvalue weighted by atomic mass is 10.0. The van der Waals surface area contributed by atoms with E-state index in [9.17, 15) is 0 Å². The van der Waals surface area contributed by atoms with Crippen molar-refractivity contribution in [1.82, 2.24) is 4.98 Å². The Morgan fingerprint density at radius 3 is 2.76 bits per heavy atom. The van der Waals surface area contributed by atoms with Gasteiger partial charge in [-0.05, 0) is 17.9 Å². The van der Waals surface area contributed by atoms with Crippen molar-refractivity contribution in [2.24, 2.45) is 0 Å². The van der Waals surface area contributed by atoms with E-state index in [1.54, 1.807) is 0 Å². The van der Waals surface area contributed by atoms with Gasteiger partial charge in [0.05, 0.1) is 11.6 Å². The molecule has 3 rings (SSSR count). The number of aromatic nitrogens is 1. The second-order valence-electron chi connectivity index (χ2n) is 4.83. The van der Waals surface area contributed by atoms with Gasteiger partial charge in [0.1, 0.15) is 0 Å². The van der Waals surface area contributed by atoms with E-state index in [-0.39, 0.29) is 0 Å². The van der Waals surface area contributed by atoms with Gasteiger partial charge in [-0.25, -0.2) is 0 Å². The van der Waals surface area contributed by atoms with E-state index in [2.05, 4.69) is 60.2 Å². The minimum absolute atomic E-state index is 0.445. The van der Waals surface area contributed by atoms with Gasteiger partial charge in [0.2, 0.25) is 0 Å². The molecule has 17 heavy (non-hydrogen) atoms. The molecule has 4 N–H and O–H groups in total. The number of benzene rings is 2. The molecular weight excluding hydrogens is 208 g/mol. The Morgan fingerprint density at radius 2 is 1.94 bits per heavy atom. The van der Waals surface area contributed by atoms with Crippen molar-refractivity contribution in [1.29, 1.82) is 0 Å². The molecule has 0 aliphatic rings. The van der Waals surface area contributed by atoms with Crippen molar-refractivity contribution in [3.8, 4) is 0 Å². The molecule has 2 nitrogen and oxygen atoms in total. The number of aromatic amines is 1. The van der Waals surface area contributed by atoms with Gasteiger partial charge in [0.15, 0.2) is 0 Å². The third-order valence-corrected chi connectivity index (χ3v) is 3.23. The van der Waals surface area contributed by atoms with E-state index in [4.69, 9.17) is 0 Å². The average Bonchev–Trinajstić information content (AvgIpc) is 2.72. The molecule has 0 bridgehead atoms. The largest absolute Gasteiger partial charge is 0.360 e. The third-order valence-electron chi connectivity index (χ3n) is 3.23. The Bertz CT molecular complexity index is 665. The SMILES string of the molecule is C[C@@H]([NH3+])Cc1c[nH]c2c1ccc1ccccc12. The molecular formula is C15H17N2+. The number of fused-ring (bicyclic) bond motifs is 3. The molecule has 0 saturated heterocycles. The molecule has 1 atom stereocenters. The first-order chi connectivity index (χ1) is 8.25. The molecule has 2 heteroatoms. The lowest BCUT2D eigenvalue weighted by Gasteiger charge is -2.02. The third kappa shape index (κ3) is 1.71. The van der Waals surface area contributed by atoms with Crippen molar-refractivity contribution in [3.05, 3.63) is 48.2 Å². The Morgan fingerprint density at radius 1 is 1.12 bits per heavy atom. The highest BCUT2D eigenvalue weighted by molar-refractivity contribution is 6.06. The minimum atomic E-state index is 0.445. The topological polar surface area (TPSA) is 43.4 Å². The predicted octanol–water partition coefficient (Wildman–Crippen LogP) is 2.49. The minimum Gasteiger partial charge on any atom is -0.360 e. The monoisotopic (exact) mass is 225 g/mol. The van der Waals surface area contributed by atoms with Crippen LogP contribution >= 0.6 is 0 Å². The molecule has 0 saturated carbocycles. The molecule has 86 valence electrons. The summed E-state index contributed by atoms with van der Waals surface area (Å²) in [4.78, 5) is 3.41. The maximum absolute atomic E-state index is 4.07. The smallest absolute Gasteiger partial charge is 0.0856 e. The van der Waals surface area contributed by atoms with Crippen LogP contribution in [0.4, 0.5) is 0 Å². The molecule has 0 aliphatic carbocycles. The van der Waals surface area contributed by atoms with Crippen LogP contribution < -0.4 is 5.73 Å². The molecule has 1 heterocycles. The van der Waals surface area contributed by atoms with Gasteiger partial charge in [-0.1, -0.05) is 36.4 Å². The van der Waals surface area contributed by atoms with Gasteiger partial charge >= 0.3 is 0 Å². The maximum atomic E-state index is 4.07. The zero-order chi connectivity index (χ0) is 11.8. The summed E-state index contributed by atoms with van der Waals surface area (Å²) < 4.78 is 0. The maximum Gasteiger partial charge on any atom is 0.0856 e. The summed E-state index contributed by atoms with van der Waals surface area (Å²) in [6.07, 6.45) is 3.15. The zero-order valence-corrected chi connectivity index (χ0v) is 10.0. The van der Waals surface area contributed by atoms with Crippen molar-refractivity contribution in [2.75, 3.05) is 0 Å². The van der Waals surface area contributed by atoms with Gasteiger partial charge in [-0.2, -0.15) is 0 Å².